The van der Waals surface area contributed by atoms with Crippen molar-refractivity contribution in [3.63, 3.8) is 0 Å². The summed E-state index contributed by atoms with van der Waals surface area (Å²) in [6.07, 6.45) is 0. The number of primary amides is 1. The molecular formula is C19H20BrN3O3. The fourth-order valence-corrected chi connectivity index (χ4v) is 2.56. The van der Waals surface area contributed by atoms with Crippen LogP contribution in [0.4, 0.5) is 5.69 Å². The number of hydrogen-bond acceptors (Lipinski definition) is 3. The summed E-state index contributed by atoms with van der Waals surface area (Å²) >= 11 is 3.32. The molecule has 0 fully saturated rings. The summed E-state index contributed by atoms with van der Waals surface area (Å²) in [5.74, 6) is -1.31. The molecule has 6 nitrogen and oxygen atoms in total. The quantitative estimate of drug-likeness (QED) is 0.672. The zero-order valence-corrected chi connectivity index (χ0v) is 16.0. The minimum atomic E-state index is -0.707. The highest BCUT2D eigenvalue weighted by Gasteiger charge is 2.24. The van der Waals surface area contributed by atoms with Crippen LogP contribution in [0.3, 0.4) is 0 Å². The monoisotopic (exact) mass is 417 g/mol. The van der Waals surface area contributed by atoms with Gasteiger partial charge in [-0.2, -0.15) is 0 Å². The van der Waals surface area contributed by atoms with Crippen LogP contribution in [0.2, 0.25) is 0 Å². The van der Waals surface area contributed by atoms with E-state index in [2.05, 4.69) is 26.6 Å². The number of nitrogens with one attached hydrogen (secondary N) is 2. The van der Waals surface area contributed by atoms with Crippen LogP contribution in [0.15, 0.2) is 53.0 Å². The second kappa shape index (κ2) is 8.62. The minimum absolute atomic E-state index is 0.112. The molecule has 136 valence electrons. The maximum Gasteiger partial charge on any atom is 0.251 e. The summed E-state index contributed by atoms with van der Waals surface area (Å²) in [6.45, 7) is 3.70. The van der Waals surface area contributed by atoms with Crippen LogP contribution < -0.4 is 16.4 Å². The Labute approximate surface area is 160 Å². The Hall–Kier alpha value is -2.67. The number of halogens is 1. The second-order valence-corrected chi connectivity index (χ2v) is 7.05. The summed E-state index contributed by atoms with van der Waals surface area (Å²) in [7, 11) is 0. The van der Waals surface area contributed by atoms with Crippen molar-refractivity contribution in [3.05, 3.63) is 64.1 Å². The van der Waals surface area contributed by atoms with E-state index in [-0.39, 0.29) is 17.7 Å². The van der Waals surface area contributed by atoms with E-state index in [1.54, 1.807) is 36.4 Å². The summed E-state index contributed by atoms with van der Waals surface area (Å²) < 4.78 is 0.867. The third-order valence-electron chi connectivity index (χ3n) is 3.78. The molecular weight excluding hydrogens is 398 g/mol. The van der Waals surface area contributed by atoms with Crippen molar-refractivity contribution in [1.82, 2.24) is 5.32 Å². The molecule has 26 heavy (non-hydrogen) atoms. The molecule has 0 aromatic heterocycles. The highest BCUT2D eigenvalue weighted by atomic mass is 79.9. The van der Waals surface area contributed by atoms with Crippen LogP contribution >= 0.6 is 15.9 Å². The second-order valence-electron chi connectivity index (χ2n) is 6.13. The first-order valence-electron chi connectivity index (χ1n) is 8.05. The molecule has 2 rings (SSSR count). The average Bonchev–Trinajstić information content (AvgIpc) is 2.60. The molecule has 0 aliphatic heterocycles. The van der Waals surface area contributed by atoms with Crippen LogP contribution in [0.25, 0.3) is 0 Å². The molecule has 0 saturated carbocycles. The molecule has 0 spiro atoms. The lowest BCUT2D eigenvalue weighted by Crippen LogP contribution is -2.47. The molecule has 1 unspecified atom stereocenters. The molecule has 0 radical (unpaired) electrons. The van der Waals surface area contributed by atoms with Crippen molar-refractivity contribution in [2.24, 2.45) is 11.7 Å². The predicted molar refractivity (Wildman–Crippen MR) is 104 cm³/mol. The fourth-order valence-electron chi connectivity index (χ4n) is 2.30. The standard InChI is InChI=1S/C19H20BrN3O3/c1-11(2)16(23-18(25)13-3-7-14(20)8-4-13)19(26)22-15-9-5-12(6-10-15)17(21)24/h3-11,16H,1-2H3,(H2,21,24)(H,22,26)(H,23,25). The Balaban J connectivity index is 2.08. The first-order valence-corrected chi connectivity index (χ1v) is 8.84. The lowest BCUT2D eigenvalue weighted by Gasteiger charge is -2.22. The number of rotatable bonds is 6. The highest BCUT2D eigenvalue weighted by molar-refractivity contribution is 9.10. The van der Waals surface area contributed by atoms with Gasteiger partial charge >= 0.3 is 0 Å². The normalized spacial score (nSPS) is 11.7. The van der Waals surface area contributed by atoms with Crippen LogP contribution in [-0.4, -0.2) is 23.8 Å². The lowest BCUT2D eigenvalue weighted by atomic mass is 10.0. The smallest absolute Gasteiger partial charge is 0.251 e. The van der Waals surface area contributed by atoms with Crippen molar-refractivity contribution in [3.8, 4) is 0 Å². The van der Waals surface area contributed by atoms with Crippen LogP contribution in [0.1, 0.15) is 34.6 Å². The summed E-state index contributed by atoms with van der Waals surface area (Å²) in [5, 5.41) is 5.50. The Kier molecular flexibility index (Phi) is 6.52. The van der Waals surface area contributed by atoms with Crippen molar-refractivity contribution in [2.45, 2.75) is 19.9 Å². The zero-order valence-electron chi connectivity index (χ0n) is 14.5. The summed E-state index contributed by atoms with van der Waals surface area (Å²) in [5.41, 5.74) is 6.54. The number of nitrogens with two attached hydrogens (primary N) is 1. The Morgan fingerprint density at radius 2 is 1.46 bits per heavy atom. The largest absolute Gasteiger partial charge is 0.366 e. The molecule has 2 aromatic carbocycles. The number of anilines is 1. The van der Waals surface area contributed by atoms with Crippen molar-refractivity contribution in [2.75, 3.05) is 5.32 Å². The number of amides is 3. The van der Waals surface area contributed by atoms with E-state index in [0.29, 0.717) is 16.8 Å². The fraction of sp³-hybridized carbons (Fsp3) is 0.211. The van der Waals surface area contributed by atoms with E-state index >= 15 is 0 Å². The molecule has 4 N–H and O–H groups in total. The predicted octanol–water partition coefficient (Wildman–Crippen LogP) is 2.94. The van der Waals surface area contributed by atoms with Crippen LogP contribution in [0.5, 0.6) is 0 Å². The molecule has 0 heterocycles. The first-order chi connectivity index (χ1) is 12.3. The van der Waals surface area contributed by atoms with Gasteiger partial charge in [0.15, 0.2) is 0 Å². The minimum Gasteiger partial charge on any atom is -0.366 e. The molecule has 0 saturated heterocycles. The molecule has 3 amide bonds. The van der Waals surface area contributed by atoms with Crippen molar-refractivity contribution < 1.29 is 14.4 Å². The third-order valence-corrected chi connectivity index (χ3v) is 4.31. The number of hydrogen-bond donors (Lipinski definition) is 3. The van der Waals surface area contributed by atoms with Gasteiger partial charge in [-0.15, -0.1) is 0 Å². The highest BCUT2D eigenvalue weighted by Crippen LogP contribution is 2.14. The number of carbonyl (C=O) groups is 3. The van der Waals surface area contributed by atoms with E-state index in [9.17, 15) is 14.4 Å². The van der Waals surface area contributed by atoms with E-state index in [0.717, 1.165) is 4.47 Å². The molecule has 2 aromatic rings. The van der Waals surface area contributed by atoms with Gasteiger partial charge in [0.2, 0.25) is 11.8 Å². The molecule has 0 aliphatic rings. The Bertz CT molecular complexity index is 802. The maximum atomic E-state index is 12.6. The SMILES string of the molecule is CC(C)C(NC(=O)c1ccc(Br)cc1)C(=O)Nc1ccc(C(N)=O)cc1. The van der Waals surface area contributed by atoms with Gasteiger partial charge in [-0.05, 0) is 54.4 Å². The Morgan fingerprint density at radius 1 is 0.923 bits per heavy atom. The molecule has 7 heteroatoms. The van der Waals surface area contributed by atoms with Crippen molar-refractivity contribution >= 4 is 39.3 Å². The third kappa shape index (κ3) is 5.16. The van der Waals surface area contributed by atoms with E-state index in [1.165, 1.54) is 12.1 Å². The van der Waals surface area contributed by atoms with Gasteiger partial charge < -0.3 is 16.4 Å². The van der Waals surface area contributed by atoms with Crippen molar-refractivity contribution in [1.29, 1.82) is 0 Å². The number of carbonyl (C=O) groups excluding carboxylic acids is 3. The molecule has 1 atom stereocenters. The Morgan fingerprint density at radius 3 is 1.96 bits per heavy atom. The van der Waals surface area contributed by atoms with Gasteiger partial charge in [0, 0.05) is 21.3 Å². The van der Waals surface area contributed by atoms with Gasteiger partial charge in [-0.1, -0.05) is 29.8 Å². The summed E-state index contributed by atoms with van der Waals surface area (Å²) in [4.78, 5) is 36.1. The van der Waals surface area contributed by atoms with Gasteiger partial charge in [0.05, 0.1) is 0 Å². The van der Waals surface area contributed by atoms with E-state index in [4.69, 9.17) is 5.73 Å². The molecule has 0 aliphatic carbocycles. The van der Waals surface area contributed by atoms with Gasteiger partial charge in [-0.3, -0.25) is 14.4 Å². The topological polar surface area (TPSA) is 101 Å². The summed E-state index contributed by atoms with van der Waals surface area (Å²) in [6, 6.07) is 12.4. The van der Waals surface area contributed by atoms with Crippen LogP contribution in [-0.2, 0) is 4.79 Å². The maximum absolute atomic E-state index is 12.6. The number of benzene rings is 2. The van der Waals surface area contributed by atoms with E-state index < -0.39 is 11.9 Å². The molecule has 0 bridgehead atoms. The van der Waals surface area contributed by atoms with Gasteiger partial charge in [0.25, 0.3) is 5.91 Å². The average molecular weight is 418 g/mol. The van der Waals surface area contributed by atoms with Crippen LogP contribution in [0, 0.1) is 5.92 Å². The van der Waals surface area contributed by atoms with Gasteiger partial charge in [0.1, 0.15) is 6.04 Å². The zero-order chi connectivity index (χ0) is 19.3. The van der Waals surface area contributed by atoms with E-state index in [1.807, 2.05) is 13.8 Å². The lowest BCUT2D eigenvalue weighted by molar-refractivity contribution is -0.118. The van der Waals surface area contributed by atoms with Gasteiger partial charge in [-0.25, -0.2) is 0 Å². The first kappa shape index (κ1) is 19.7.